The van der Waals surface area contributed by atoms with Gasteiger partial charge in [0.05, 0.1) is 18.8 Å². The second-order valence-corrected chi connectivity index (χ2v) is 20.7. The molecule has 0 aliphatic rings. The van der Waals surface area contributed by atoms with Crippen LogP contribution in [0, 0.1) is 0 Å². The van der Waals surface area contributed by atoms with Crippen LogP contribution < -0.4 is 5.32 Å². The third kappa shape index (κ3) is 61.0. The van der Waals surface area contributed by atoms with Crippen molar-refractivity contribution in [3.8, 4) is 0 Å². The first-order valence-electron chi connectivity index (χ1n) is 31.5. The second kappa shape index (κ2) is 64.6. The van der Waals surface area contributed by atoms with E-state index in [1.807, 2.05) is 6.08 Å². The van der Waals surface area contributed by atoms with Crippen LogP contribution in [0.1, 0.15) is 277 Å². The maximum absolute atomic E-state index is 12.5. The number of nitrogens with one attached hydrogen (secondary N) is 1. The van der Waals surface area contributed by atoms with E-state index in [-0.39, 0.29) is 12.5 Å². The van der Waals surface area contributed by atoms with E-state index >= 15 is 0 Å². The van der Waals surface area contributed by atoms with Crippen molar-refractivity contribution in [3.63, 3.8) is 0 Å². The predicted molar refractivity (Wildman–Crippen MR) is 335 cm³/mol. The third-order valence-electron chi connectivity index (χ3n) is 13.5. The molecule has 0 aromatic carbocycles. The first-order chi connectivity index (χ1) is 37.2. The SMILES string of the molecule is CC/C=C\C/C=C\C/C=C\C/C=C\C/C=C\C/C=C\C/C=C\C/C=C\C/C=C\CCCCCCCCCCCC(=O)NC(CO)C(O)/C=C/CC/C=C/CC/C=C/CCCCCCCCCCCCCCCCCC. The van der Waals surface area contributed by atoms with Gasteiger partial charge in [0, 0.05) is 6.42 Å². The van der Waals surface area contributed by atoms with Gasteiger partial charge < -0.3 is 15.5 Å². The lowest BCUT2D eigenvalue weighted by atomic mass is 10.0. The summed E-state index contributed by atoms with van der Waals surface area (Å²) in [5, 5.41) is 23.2. The van der Waals surface area contributed by atoms with Crippen LogP contribution in [0.5, 0.6) is 0 Å². The molecule has 0 aromatic rings. The largest absolute Gasteiger partial charge is 0.394 e. The minimum Gasteiger partial charge on any atom is -0.394 e. The zero-order chi connectivity index (χ0) is 54.1. The molecule has 3 N–H and O–H groups in total. The van der Waals surface area contributed by atoms with E-state index in [1.165, 1.54) is 154 Å². The van der Waals surface area contributed by atoms with Gasteiger partial charge in [0.25, 0.3) is 0 Å². The van der Waals surface area contributed by atoms with Crippen LogP contribution in [0.25, 0.3) is 0 Å². The van der Waals surface area contributed by atoms with Crippen LogP contribution >= 0.6 is 0 Å². The maximum Gasteiger partial charge on any atom is 0.220 e. The lowest BCUT2D eigenvalue weighted by molar-refractivity contribution is -0.123. The van der Waals surface area contributed by atoms with Crippen molar-refractivity contribution in [2.45, 2.75) is 289 Å². The average Bonchev–Trinajstić information content (AvgIpc) is 3.41. The Morgan fingerprint density at radius 2 is 0.600 bits per heavy atom. The van der Waals surface area contributed by atoms with Gasteiger partial charge in [0.2, 0.25) is 5.91 Å². The van der Waals surface area contributed by atoms with Crippen LogP contribution in [0.3, 0.4) is 0 Å². The normalized spacial score (nSPS) is 13.8. The summed E-state index contributed by atoms with van der Waals surface area (Å²) in [5.74, 6) is -0.0888. The number of allylic oxidation sites excluding steroid dienone is 23. The summed E-state index contributed by atoms with van der Waals surface area (Å²) in [5.41, 5.74) is 0. The van der Waals surface area contributed by atoms with Gasteiger partial charge in [-0.15, -0.1) is 0 Å². The van der Waals surface area contributed by atoms with E-state index in [1.54, 1.807) is 6.08 Å². The molecule has 0 rings (SSSR count). The molecule has 0 radical (unpaired) electrons. The second-order valence-electron chi connectivity index (χ2n) is 20.7. The number of carbonyl (C=O) groups is 1. The fourth-order valence-corrected chi connectivity index (χ4v) is 8.79. The molecule has 4 nitrogen and oxygen atoms in total. The molecular weight excluding hydrogens is 915 g/mol. The molecule has 0 aliphatic carbocycles. The Balaban J connectivity index is 3.64. The average molecular weight is 1030 g/mol. The molecule has 426 valence electrons. The van der Waals surface area contributed by atoms with Crippen LogP contribution in [0.15, 0.2) is 146 Å². The van der Waals surface area contributed by atoms with Gasteiger partial charge in [-0.3, -0.25) is 4.79 Å². The highest BCUT2D eigenvalue weighted by molar-refractivity contribution is 5.76. The fraction of sp³-hybridized carbons (Fsp3) is 0.648. The minimum atomic E-state index is -0.884. The van der Waals surface area contributed by atoms with E-state index < -0.39 is 12.1 Å². The number of aliphatic hydroxyl groups is 2. The summed E-state index contributed by atoms with van der Waals surface area (Å²) in [6.07, 6.45) is 102. The van der Waals surface area contributed by atoms with Crippen molar-refractivity contribution in [2.75, 3.05) is 6.61 Å². The lowest BCUT2D eigenvalue weighted by Gasteiger charge is -2.19. The van der Waals surface area contributed by atoms with Gasteiger partial charge in [-0.05, 0) is 116 Å². The molecule has 0 aromatic heterocycles. The molecule has 0 heterocycles. The number of hydrogen-bond acceptors (Lipinski definition) is 3. The summed E-state index contributed by atoms with van der Waals surface area (Å²) < 4.78 is 0. The Labute approximate surface area is 465 Å². The first-order valence-corrected chi connectivity index (χ1v) is 31.5. The summed E-state index contributed by atoms with van der Waals surface area (Å²) in [6, 6.07) is -0.661. The summed E-state index contributed by atoms with van der Waals surface area (Å²) >= 11 is 0. The number of aliphatic hydroxyl groups excluding tert-OH is 2. The molecule has 0 fully saturated rings. The summed E-state index contributed by atoms with van der Waals surface area (Å²) in [4.78, 5) is 12.5. The Morgan fingerprint density at radius 3 is 0.933 bits per heavy atom. The quantitative estimate of drug-likeness (QED) is 0.0420. The highest BCUT2D eigenvalue weighted by Gasteiger charge is 2.18. The molecule has 1 amide bonds. The summed E-state index contributed by atoms with van der Waals surface area (Å²) in [7, 11) is 0. The van der Waals surface area contributed by atoms with Crippen LogP contribution in [-0.2, 0) is 4.79 Å². The molecule has 0 aliphatic heterocycles. The third-order valence-corrected chi connectivity index (χ3v) is 13.5. The molecule has 0 bridgehead atoms. The topological polar surface area (TPSA) is 69.6 Å². The molecule has 4 heteroatoms. The zero-order valence-corrected chi connectivity index (χ0v) is 49.0. The number of rotatable bonds is 56. The van der Waals surface area contributed by atoms with E-state index in [2.05, 4.69) is 153 Å². The van der Waals surface area contributed by atoms with Crippen molar-refractivity contribution in [2.24, 2.45) is 0 Å². The van der Waals surface area contributed by atoms with E-state index in [0.717, 1.165) is 103 Å². The van der Waals surface area contributed by atoms with Crippen LogP contribution in [-0.4, -0.2) is 34.9 Å². The van der Waals surface area contributed by atoms with Gasteiger partial charge in [-0.2, -0.15) is 0 Å². The number of amides is 1. The molecule has 2 unspecified atom stereocenters. The van der Waals surface area contributed by atoms with Crippen molar-refractivity contribution < 1.29 is 15.0 Å². The molecule has 0 spiro atoms. The Kier molecular flexibility index (Phi) is 61.3. The van der Waals surface area contributed by atoms with Gasteiger partial charge in [0.1, 0.15) is 0 Å². The molecule has 75 heavy (non-hydrogen) atoms. The monoisotopic (exact) mass is 1030 g/mol. The molecule has 0 saturated heterocycles. The van der Waals surface area contributed by atoms with E-state index in [9.17, 15) is 15.0 Å². The van der Waals surface area contributed by atoms with Gasteiger partial charge >= 0.3 is 0 Å². The van der Waals surface area contributed by atoms with E-state index in [4.69, 9.17) is 0 Å². The van der Waals surface area contributed by atoms with Gasteiger partial charge in [0.15, 0.2) is 0 Å². The maximum atomic E-state index is 12.5. The summed E-state index contributed by atoms with van der Waals surface area (Å²) in [6.45, 7) is 4.19. The van der Waals surface area contributed by atoms with Crippen molar-refractivity contribution in [3.05, 3.63) is 146 Å². The van der Waals surface area contributed by atoms with Crippen molar-refractivity contribution in [1.29, 1.82) is 0 Å². The molecule has 2 atom stereocenters. The Hall–Kier alpha value is -3.73. The first kappa shape index (κ1) is 71.3. The highest BCUT2D eigenvalue weighted by Crippen LogP contribution is 2.15. The molecule has 0 saturated carbocycles. The lowest BCUT2D eigenvalue weighted by Crippen LogP contribution is -2.45. The van der Waals surface area contributed by atoms with E-state index in [0.29, 0.717) is 6.42 Å². The Morgan fingerprint density at radius 1 is 0.333 bits per heavy atom. The highest BCUT2D eigenvalue weighted by atomic mass is 16.3. The molecular formula is C71H119NO3. The smallest absolute Gasteiger partial charge is 0.220 e. The predicted octanol–water partition coefficient (Wildman–Crippen LogP) is 21.5. The number of unbranched alkanes of at least 4 members (excludes halogenated alkanes) is 27. The number of carbonyl (C=O) groups excluding carboxylic acids is 1. The number of hydrogen-bond donors (Lipinski definition) is 3. The Bertz CT molecular complexity index is 1550. The van der Waals surface area contributed by atoms with Crippen LogP contribution in [0.2, 0.25) is 0 Å². The zero-order valence-electron chi connectivity index (χ0n) is 49.0. The van der Waals surface area contributed by atoms with Crippen molar-refractivity contribution in [1.82, 2.24) is 5.32 Å². The minimum absolute atomic E-state index is 0.0888. The fourth-order valence-electron chi connectivity index (χ4n) is 8.79. The standard InChI is InChI=1S/C71H119NO3/c1-3-5-7-9-11-13-15-17-19-21-23-25-27-29-31-32-33-34-35-36-37-38-39-40-41-43-45-47-49-51-53-55-57-59-61-63-65-67-71(75)72-69(68-73)70(74)66-64-62-60-58-56-54-52-50-48-46-44-42-30-28-26-24-22-20-18-16-14-12-10-8-6-4-2/h5,7,11,13,17,19,23,25,29,31,33-34,36-37,39-40,43,45,48,50,56,58,64,66,69-70,73-74H,3-4,6,8-10,12,14-16,18,20-22,24,26-28,30,32,35,38,41-42,44,46-47,49,51-55,57,59-63,65,67-68H2,1-2H3,(H,72,75)/b7-5-,13-11-,19-17-,25-23-,31-29-,34-33-,37-36-,40-39-,45-43-,50-48+,58-56+,66-64+. The van der Waals surface area contributed by atoms with Gasteiger partial charge in [-0.1, -0.05) is 301 Å². The van der Waals surface area contributed by atoms with Gasteiger partial charge in [-0.25, -0.2) is 0 Å². The van der Waals surface area contributed by atoms with Crippen LogP contribution in [0.4, 0.5) is 0 Å². The van der Waals surface area contributed by atoms with Crippen molar-refractivity contribution >= 4 is 5.91 Å².